The Morgan fingerprint density at radius 2 is 2.04 bits per heavy atom. The van der Waals surface area contributed by atoms with Gasteiger partial charge in [0.2, 0.25) is 0 Å². The molecule has 0 atom stereocenters. The molecule has 2 aliphatic rings. The van der Waals surface area contributed by atoms with Crippen LogP contribution in [0.4, 0.5) is 5.82 Å². The topological polar surface area (TPSA) is 58.0 Å². The van der Waals surface area contributed by atoms with Crippen LogP contribution < -0.4 is 4.90 Å². The van der Waals surface area contributed by atoms with E-state index in [0.29, 0.717) is 6.04 Å². The highest BCUT2D eigenvalue weighted by Gasteiger charge is 2.31. The van der Waals surface area contributed by atoms with Crippen molar-refractivity contribution in [3.05, 3.63) is 41.1 Å². The molecule has 6 heteroatoms. The molecule has 0 radical (unpaired) electrons. The summed E-state index contributed by atoms with van der Waals surface area (Å²) in [6.45, 7) is 4.81. The third kappa shape index (κ3) is 3.11. The third-order valence-electron chi connectivity index (χ3n) is 5.11. The molecular formula is C18H24N6. The summed E-state index contributed by atoms with van der Waals surface area (Å²) in [6, 6.07) is 4.79. The number of hydrogen-bond acceptors (Lipinski definition) is 6. The summed E-state index contributed by atoms with van der Waals surface area (Å²) in [4.78, 5) is 13.3. The van der Waals surface area contributed by atoms with Gasteiger partial charge in [0.25, 0.3) is 0 Å². The summed E-state index contributed by atoms with van der Waals surface area (Å²) in [5, 5.41) is 8.89. The number of hydrogen-bond donors (Lipinski definition) is 0. The lowest BCUT2D eigenvalue weighted by Gasteiger charge is -2.44. The molecule has 0 bridgehead atoms. The summed E-state index contributed by atoms with van der Waals surface area (Å²) >= 11 is 0. The molecule has 3 heterocycles. The maximum Gasteiger partial charge on any atom is 0.151 e. The Morgan fingerprint density at radius 3 is 2.88 bits per heavy atom. The standard InChI is InChI=1S/C18H24N6/c1-13-19-8-7-15(20-13)10-23(2)16-11-24(12-16)18-9-14-5-3-4-6-17(14)21-22-18/h7-9,16H,3-6,10-12H2,1-2H3. The lowest BCUT2D eigenvalue weighted by atomic mass is 9.96. The van der Waals surface area contributed by atoms with Crippen molar-refractivity contribution in [2.45, 2.75) is 45.2 Å². The quantitative estimate of drug-likeness (QED) is 0.854. The van der Waals surface area contributed by atoms with Gasteiger partial charge in [-0.05, 0) is 57.4 Å². The summed E-state index contributed by atoms with van der Waals surface area (Å²) in [7, 11) is 2.16. The van der Waals surface area contributed by atoms with Crippen LogP contribution in [0.2, 0.25) is 0 Å². The molecule has 1 aliphatic carbocycles. The van der Waals surface area contributed by atoms with Gasteiger partial charge in [-0.25, -0.2) is 9.97 Å². The van der Waals surface area contributed by atoms with Crippen LogP contribution in [0.25, 0.3) is 0 Å². The predicted molar refractivity (Wildman–Crippen MR) is 92.9 cm³/mol. The molecule has 0 aromatic carbocycles. The van der Waals surface area contributed by atoms with Crippen LogP contribution in [-0.4, -0.2) is 51.2 Å². The molecule has 126 valence electrons. The molecule has 0 N–H and O–H groups in total. The summed E-state index contributed by atoms with van der Waals surface area (Å²) in [5.74, 6) is 1.87. The highest BCUT2D eigenvalue weighted by atomic mass is 15.4. The molecule has 1 saturated heterocycles. The van der Waals surface area contributed by atoms with E-state index >= 15 is 0 Å². The van der Waals surface area contributed by atoms with Gasteiger partial charge in [0.15, 0.2) is 5.82 Å². The van der Waals surface area contributed by atoms with Crippen molar-refractivity contribution in [2.75, 3.05) is 25.0 Å². The largest absolute Gasteiger partial charge is 0.352 e. The highest BCUT2D eigenvalue weighted by molar-refractivity contribution is 5.45. The fraction of sp³-hybridized carbons (Fsp3) is 0.556. The Bertz CT molecular complexity index is 725. The van der Waals surface area contributed by atoms with E-state index in [1.165, 1.54) is 24.1 Å². The summed E-state index contributed by atoms with van der Waals surface area (Å²) in [6.07, 6.45) is 6.61. The highest BCUT2D eigenvalue weighted by Crippen LogP contribution is 2.26. The van der Waals surface area contributed by atoms with E-state index in [1.807, 2.05) is 19.2 Å². The Balaban J connectivity index is 1.36. The molecule has 24 heavy (non-hydrogen) atoms. The second-order valence-electron chi connectivity index (χ2n) is 6.95. The fourth-order valence-electron chi connectivity index (χ4n) is 3.53. The third-order valence-corrected chi connectivity index (χ3v) is 5.11. The summed E-state index contributed by atoms with van der Waals surface area (Å²) in [5.41, 5.74) is 3.69. The number of nitrogens with zero attached hydrogens (tertiary/aromatic N) is 6. The number of anilines is 1. The van der Waals surface area contributed by atoms with E-state index in [9.17, 15) is 0 Å². The molecule has 4 rings (SSSR count). The molecule has 0 amide bonds. The number of rotatable bonds is 4. The minimum atomic E-state index is 0.540. The lowest BCUT2D eigenvalue weighted by Crippen LogP contribution is -2.58. The number of aromatic nitrogens is 4. The van der Waals surface area contributed by atoms with Crippen LogP contribution in [0.1, 0.15) is 35.6 Å². The van der Waals surface area contributed by atoms with Gasteiger partial charge in [-0.3, -0.25) is 4.90 Å². The van der Waals surface area contributed by atoms with Gasteiger partial charge in [-0.2, -0.15) is 5.10 Å². The number of aryl methyl sites for hydroxylation is 3. The Morgan fingerprint density at radius 1 is 1.21 bits per heavy atom. The van der Waals surface area contributed by atoms with E-state index in [1.54, 1.807) is 0 Å². The van der Waals surface area contributed by atoms with Gasteiger partial charge in [-0.15, -0.1) is 5.10 Å². The Kier molecular flexibility index (Phi) is 4.14. The van der Waals surface area contributed by atoms with Gasteiger partial charge in [0.05, 0.1) is 11.4 Å². The molecule has 0 saturated carbocycles. The second kappa shape index (κ2) is 6.43. The van der Waals surface area contributed by atoms with Crippen LogP contribution in [0.15, 0.2) is 18.3 Å². The van der Waals surface area contributed by atoms with Gasteiger partial charge in [0.1, 0.15) is 5.82 Å². The van der Waals surface area contributed by atoms with Crippen LogP contribution in [0, 0.1) is 6.92 Å². The van der Waals surface area contributed by atoms with Crippen LogP contribution in [0.3, 0.4) is 0 Å². The first kappa shape index (κ1) is 15.4. The van der Waals surface area contributed by atoms with Crippen molar-refractivity contribution in [2.24, 2.45) is 0 Å². The smallest absolute Gasteiger partial charge is 0.151 e. The zero-order valence-corrected chi connectivity index (χ0v) is 14.4. The Hall–Kier alpha value is -2.08. The number of likely N-dealkylation sites (N-methyl/N-ethyl adjacent to an activating group) is 1. The molecular weight excluding hydrogens is 300 g/mol. The van der Waals surface area contributed by atoms with Gasteiger partial charge in [0, 0.05) is 31.9 Å². The first-order chi connectivity index (χ1) is 11.7. The van der Waals surface area contributed by atoms with Crippen molar-refractivity contribution < 1.29 is 0 Å². The predicted octanol–water partition coefficient (Wildman–Crippen LogP) is 1.77. The first-order valence-corrected chi connectivity index (χ1v) is 8.78. The van der Waals surface area contributed by atoms with Crippen molar-refractivity contribution in [3.63, 3.8) is 0 Å². The van der Waals surface area contributed by atoms with Crippen molar-refractivity contribution in [1.82, 2.24) is 25.1 Å². The number of fused-ring (bicyclic) bond motifs is 1. The molecule has 2 aromatic rings. The van der Waals surface area contributed by atoms with E-state index in [2.05, 4.69) is 43.1 Å². The molecule has 0 unspecified atom stereocenters. The summed E-state index contributed by atoms with van der Waals surface area (Å²) < 4.78 is 0. The molecule has 1 fully saturated rings. The van der Waals surface area contributed by atoms with E-state index in [0.717, 1.165) is 49.8 Å². The van der Waals surface area contributed by atoms with Gasteiger partial charge in [-0.1, -0.05) is 0 Å². The zero-order chi connectivity index (χ0) is 16.5. The fourth-order valence-corrected chi connectivity index (χ4v) is 3.53. The normalized spacial score (nSPS) is 17.7. The lowest BCUT2D eigenvalue weighted by molar-refractivity contribution is 0.194. The van der Waals surface area contributed by atoms with E-state index in [-0.39, 0.29) is 0 Å². The minimum Gasteiger partial charge on any atom is -0.352 e. The minimum absolute atomic E-state index is 0.540. The zero-order valence-electron chi connectivity index (χ0n) is 14.4. The monoisotopic (exact) mass is 324 g/mol. The molecule has 0 spiro atoms. The van der Waals surface area contributed by atoms with E-state index < -0.39 is 0 Å². The van der Waals surface area contributed by atoms with Crippen LogP contribution in [-0.2, 0) is 19.4 Å². The Labute approximate surface area is 142 Å². The molecule has 1 aliphatic heterocycles. The average molecular weight is 324 g/mol. The molecule has 6 nitrogen and oxygen atoms in total. The van der Waals surface area contributed by atoms with Crippen molar-refractivity contribution >= 4 is 5.82 Å². The SMILES string of the molecule is Cc1nccc(CN(C)C2CN(c3cc4c(nn3)CCCC4)C2)n1. The maximum atomic E-state index is 4.49. The average Bonchev–Trinajstić information content (AvgIpc) is 2.53. The van der Waals surface area contributed by atoms with Gasteiger partial charge >= 0.3 is 0 Å². The molecule has 2 aromatic heterocycles. The second-order valence-corrected chi connectivity index (χ2v) is 6.95. The van der Waals surface area contributed by atoms with Crippen molar-refractivity contribution in [3.8, 4) is 0 Å². The maximum absolute atomic E-state index is 4.49. The van der Waals surface area contributed by atoms with Crippen LogP contribution >= 0.6 is 0 Å². The van der Waals surface area contributed by atoms with Crippen LogP contribution in [0.5, 0.6) is 0 Å². The van der Waals surface area contributed by atoms with Gasteiger partial charge < -0.3 is 4.90 Å². The van der Waals surface area contributed by atoms with Crippen molar-refractivity contribution in [1.29, 1.82) is 0 Å². The van der Waals surface area contributed by atoms with E-state index in [4.69, 9.17) is 0 Å². The first-order valence-electron chi connectivity index (χ1n) is 8.78.